The summed E-state index contributed by atoms with van der Waals surface area (Å²) in [5, 5.41) is 19.7. The smallest absolute Gasteiger partial charge is 0.320 e. The summed E-state index contributed by atoms with van der Waals surface area (Å²) in [4.78, 5) is 13.1. The zero-order valence-electron chi connectivity index (χ0n) is 12.5. The number of fused-ring (bicyclic) bond motifs is 1. The van der Waals surface area contributed by atoms with Crippen molar-refractivity contribution in [3.05, 3.63) is 23.3 Å². The summed E-state index contributed by atoms with van der Waals surface area (Å²) in [5.41, 5.74) is 1.48. The van der Waals surface area contributed by atoms with Crippen LogP contribution in [0.2, 0.25) is 0 Å². The van der Waals surface area contributed by atoms with E-state index < -0.39 is 18.1 Å². The molecule has 6 nitrogen and oxygen atoms in total. The van der Waals surface area contributed by atoms with Crippen LogP contribution in [0.4, 0.5) is 0 Å². The zero-order chi connectivity index (χ0) is 15.6. The quantitative estimate of drug-likeness (QED) is 0.855. The van der Waals surface area contributed by atoms with Gasteiger partial charge < -0.3 is 19.7 Å². The molecule has 1 heterocycles. The van der Waals surface area contributed by atoms with Gasteiger partial charge in [-0.1, -0.05) is 6.92 Å². The number of aliphatic hydroxyl groups excluding tert-OH is 1. The third-order valence-corrected chi connectivity index (χ3v) is 3.93. The molecule has 2 rings (SSSR count). The number of benzene rings is 1. The van der Waals surface area contributed by atoms with Gasteiger partial charge in [0.05, 0.1) is 20.3 Å². The Morgan fingerprint density at radius 2 is 2.00 bits per heavy atom. The molecule has 2 unspecified atom stereocenters. The number of methoxy groups -OCH3 is 2. The van der Waals surface area contributed by atoms with Crippen molar-refractivity contribution in [2.24, 2.45) is 0 Å². The topological polar surface area (TPSA) is 79.2 Å². The minimum atomic E-state index is -0.880. The fourth-order valence-electron chi connectivity index (χ4n) is 2.93. The first kappa shape index (κ1) is 15.6. The Kier molecular flexibility index (Phi) is 4.69. The number of rotatable bonds is 5. The van der Waals surface area contributed by atoms with Crippen molar-refractivity contribution in [1.29, 1.82) is 0 Å². The molecule has 2 N–H and O–H groups in total. The first-order valence-corrected chi connectivity index (χ1v) is 6.92. The third-order valence-electron chi connectivity index (χ3n) is 3.93. The molecular formula is C15H21NO5. The highest BCUT2D eigenvalue weighted by Crippen LogP contribution is 2.40. The lowest BCUT2D eigenvalue weighted by atomic mass is 9.93. The molecule has 1 aromatic carbocycles. The molecule has 1 aliphatic rings. The van der Waals surface area contributed by atoms with Crippen LogP contribution >= 0.6 is 0 Å². The van der Waals surface area contributed by atoms with Gasteiger partial charge in [0.15, 0.2) is 0 Å². The SMILES string of the molecule is CCC(C(=O)O)N1Cc2c(OC)ccc(OC)c2C(O)C1. The standard InChI is InChI=1S/C15H21NO5/c1-4-10(15(18)19)16-7-9-12(20-2)5-6-13(21-3)14(9)11(17)8-16/h5-6,10-11,17H,4,7-8H2,1-3H3,(H,18,19). The van der Waals surface area contributed by atoms with Gasteiger partial charge in [0, 0.05) is 24.2 Å². The molecule has 116 valence electrons. The van der Waals surface area contributed by atoms with Crippen molar-refractivity contribution in [2.75, 3.05) is 20.8 Å². The molecular weight excluding hydrogens is 274 g/mol. The van der Waals surface area contributed by atoms with Crippen molar-refractivity contribution in [3.8, 4) is 11.5 Å². The molecule has 0 spiro atoms. The average Bonchev–Trinajstić information content (AvgIpc) is 2.46. The third kappa shape index (κ3) is 2.82. The van der Waals surface area contributed by atoms with Gasteiger partial charge >= 0.3 is 5.97 Å². The Balaban J connectivity index is 2.44. The molecule has 0 amide bonds. The van der Waals surface area contributed by atoms with Crippen LogP contribution in [0.3, 0.4) is 0 Å². The van der Waals surface area contributed by atoms with Crippen LogP contribution in [-0.2, 0) is 11.3 Å². The van der Waals surface area contributed by atoms with Crippen molar-refractivity contribution in [2.45, 2.75) is 32.0 Å². The summed E-state index contributed by atoms with van der Waals surface area (Å²) in [7, 11) is 3.11. The van der Waals surface area contributed by atoms with Crippen molar-refractivity contribution >= 4 is 5.97 Å². The minimum Gasteiger partial charge on any atom is -0.496 e. The predicted octanol–water partition coefficient (Wildman–Crippen LogP) is 1.42. The van der Waals surface area contributed by atoms with E-state index in [1.165, 1.54) is 0 Å². The number of hydrogen-bond donors (Lipinski definition) is 2. The zero-order valence-corrected chi connectivity index (χ0v) is 12.5. The Labute approximate surface area is 123 Å². The van der Waals surface area contributed by atoms with E-state index in [1.54, 1.807) is 31.3 Å². The van der Waals surface area contributed by atoms with E-state index in [0.29, 0.717) is 30.0 Å². The number of carboxylic acids is 1. The highest BCUT2D eigenvalue weighted by Gasteiger charge is 2.34. The van der Waals surface area contributed by atoms with Crippen LogP contribution in [0.1, 0.15) is 30.6 Å². The monoisotopic (exact) mass is 295 g/mol. The van der Waals surface area contributed by atoms with Gasteiger partial charge in [-0.15, -0.1) is 0 Å². The van der Waals surface area contributed by atoms with Gasteiger partial charge in [-0.2, -0.15) is 0 Å². The molecule has 0 aromatic heterocycles. The van der Waals surface area contributed by atoms with E-state index in [-0.39, 0.29) is 6.54 Å². The Morgan fingerprint density at radius 3 is 2.52 bits per heavy atom. The number of nitrogens with zero attached hydrogens (tertiary/aromatic N) is 1. The number of aliphatic carboxylic acids is 1. The maximum absolute atomic E-state index is 11.3. The van der Waals surface area contributed by atoms with Crippen LogP contribution < -0.4 is 9.47 Å². The van der Waals surface area contributed by atoms with Gasteiger partial charge in [-0.05, 0) is 18.6 Å². The van der Waals surface area contributed by atoms with Crippen molar-refractivity contribution in [3.63, 3.8) is 0 Å². The van der Waals surface area contributed by atoms with Gasteiger partial charge in [0.1, 0.15) is 17.5 Å². The Hall–Kier alpha value is -1.79. The summed E-state index contributed by atoms with van der Waals surface area (Å²) in [5.74, 6) is 0.353. The van der Waals surface area contributed by atoms with Crippen LogP contribution in [-0.4, -0.2) is 47.9 Å². The molecule has 2 atom stereocenters. The van der Waals surface area contributed by atoms with E-state index in [4.69, 9.17) is 9.47 Å². The number of aliphatic hydroxyl groups is 1. The maximum atomic E-state index is 11.3. The molecule has 1 aromatic rings. The highest BCUT2D eigenvalue weighted by atomic mass is 16.5. The molecule has 0 fully saturated rings. The van der Waals surface area contributed by atoms with Gasteiger partial charge in [0.2, 0.25) is 0 Å². The number of hydrogen-bond acceptors (Lipinski definition) is 5. The molecule has 0 saturated heterocycles. The number of carboxylic acid groups (broad SMARTS) is 1. The van der Waals surface area contributed by atoms with Gasteiger partial charge in [-0.3, -0.25) is 9.69 Å². The van der Waals surface area contributed by atoms with Crippen molar-refractivity contribution in [1.82, 2.24) is 4.90 Å². The van der Waals surface area contributed by atoms with Crippen LogP contribution in [0.25, 0.3) is 0 Å². The summed E-state index contributed by atoms with van der Waals surface area (Å²) in [6.07, 6.45) is -0.323. The fourth-order valence-corrected chi connectivity index (χ4v) is 2.93. The second-order valence-corrected chi connectivity index (χ2v) is 5.07. The summed E-state index contributed by atoms with van der Waals surface area (Å²) in [6.45, 7) is 2.50. The van der Waals surface area contributed by atoms with E-state index in [0.717, 1.165) is 5.56 Å². The van der Waals surface area contributed by atoms with Crippen LogP contribution in [0, 0.1) is 0 Å². The van der Waals surface area contributed by atoms with E-state index in [9.17, 15) is 15.0 Å². The highest BCUT2D eigenvalue weighted by molar-refractivity contribution is 5.73. The molecule has 1 aliphatic heterocycles. The molecule has 0 aliphatic carbocycles. The first-order chi connectivity index (χ1) is 10.0. The molecule has 0 bridgehead atoms. The predicted molar refractivity (Wildman–Crippen MR) is 76.6 cm³/mol. The lowest BCUT2D eigenvalue weighted by Crippen LogP contribution is -2.45. The molecule has 6 heteroatoms. The molecule has 0 saturated carbocycles. The molecule has 0 radical (unpaired) electrons. The maximum Gasteiger partial charge on any atom is 0.320 e. The normalized spacial score (nSPS) is 19.7. The van der Waals surface area contributed by atoms with Gasteiger partial charge in [0.25, 0.3) is 0 Å². The fraction of sp³-hybridized carbons (Fsp3) is 0.533. The first-order valence-electron chi connectivity index (χ1n) is 6.92. The summed E-state index contributed by atoms with van der Waals surface area (Å²) >= 11 is 0. The Morgan fingerprint density at radius 1 is 1.38 bits per heavy atom. The summed E-state index contributed by atoms with van der Waals surface area (Å²) in [6, 6.07) is 2.91. The van der Waals surface area contributed by atoms with Crippen LogP contribution in [0.5, 0.6) is 11.5 Å². The second kappa shape index (κ2) is 6.32. The van der Waals surface area contributed by atoms with E-state index in [1.807, 2.05) is 6.92 Å². The van der Waals surface area contributed by atoms with Crippen molar-refractivity contribution < 1.29 is 24.5 Å². The number of carbonyl (C=O) groups is 1. The second-order valence-electron chi connectivity index (χ2n) is 5.07. The minimum absolute atomic E-state index is 0.265. The van der Waals surface area contributed by atoms with Gasteiger partial charge in [-0.25, -0.2) is 0 Å². The largest absolute Gasteiger partial charge is 0.496 e. The van der Waals surface area contributed by atoms with Crippen LogP contribution in [0.15, 0.2) is 12.1 Å². The van der Waals surface area contributed by atoms with E-state index >= 15 is 0 Å². The average molecular weight is 295 g/mol. The van der Waals surface area contributed by atoms with E-state index in [2.05, 4.69) is 0 Å². The number of β-amino-alcohol motifs (C(OH)–C–C–N with tert-alkyl or cyclic N) is 1. The lowest BCUT2D eigenvalue weighted by Gasteiger charge is -2.36. The molecule has 21 heavy (non-hydrogen) atoms. The lowest BCUT2D eigenvalue weighted by molar-refractivity contribution is -0.144. The Bertz CT molecular complexity index is 531. The summed E-state index contributed by atoms with van der Waals surface area (Å²) < 4.78 is 10.6. The number of ether oxygens (including phenoxy) is 2.